The summed E-state index contributed by atoms with van der Waals surface area (Å²) in [6.07, 6.45) is 5.13. The van der Waals surface area contributed by atoms with E-state index in [1.807, 2.05) is 0 Å². The summed E-state index contributed by atoms with van der Waals surface area (Å²) >= 11 is 0. The predicted octanol–water partition coefficient (Wildman–Crippen LogP) is 4.36. The van der Waals surface area contributed by atoms with Crippen molar-refractivity contribution >= 4 is 0 Å². The van der Waals surface area contributed by atoms with Gasteiger partial charge in [0.2, 0.25) is 0 Å². The molecule has 5 heteroatoms. The first-order valence-electron chi connectivity index (χ1n) is 6.33. The molecule has 0 saturated heterocycles. The van der Waals surface area contributed by atoms with Crippen LogP contribution in [0.2, 0.25) is 0 Å². The van der Waals surface area contributed by atoms with Crippen molar-refractivity contribution in [2.24, 2.45) is 5.73 Å². The quantitative estimate of drug-likeness (QED) is 0.457. The monoisotopic (exact) mass is 257 g/mol. The molecule has 0 aliphatic carbocycles. The van der Waals surface area contributed by atoms with Crippen molar-refractivity contribution < 1.29 is 17.6 Å². The third kappa shape index (κ3) is 6.24. The highest BCUT2D eigenvalue weighted by atomic mass is 19.3. The summed E-state index contributed by atoms with van der Waals surface area (Å²) in [6, 6.07) is 0. The molecule has 0 aromatic rings. The van der Waals surface area contributed by atoms with Gasteiger partial charge in [0.25, 0.3) is 0 Å². The normalized spacial score (nSPS) is 13.1. The van der Waals surface area contributed by atoms with E-state index in [2.05, 4.69) is 12.7 Å². The maximum atomic E-state index is 13.0. The van der Waals surface area contributed by atoms with Crippen LogP contribution in [0.3, 0.4) is 0 Å². The number of unbranched alkanes of at least 4 members (excludes halogenated alkanes) is 6. The van der Waals surface area contributed by atoms with Crippen molar-refractivity contribution in [3.8, 4) is 0 Å². The van der Waals surface area contributed by atoms with E-state index >= 15 is 0 Å². The van der Waals surface area contributed by atoms with E-state index in [-0.39, 0.29) is 6.42 Å². The molecule has 17 heavy (non-hydrogen) atoms. The van der Waals surface area contributed by atoms with Gasteiger partial charge in [0.15, 0.2) is 0 Å². The Bertz CT molecular complexity index is 195. The molecule has 0 aromatic carbocycles. The molecule has 1 nitrogen and oxygen atoms in total. The number of halogens is 4. The molecule has 0 rings (SSSR count). The SMILES string of the molecule is CCCCCCCCCC(F)(F)C(F)(F)CN. The fourth-order valence-electron chi connectivity index (χ4n) is 1.64. The highest BCUT2D eigenvalue weighted by Crippen LogP contribution is 2.37. The summed E-state index contributed by atoms with van der Waals surface area (Å²) < 4.78 is 51.5. The van der Waals surface area contributed by atoms with Gasteiger partial charge in [-0.1, -0.05) is 45.4 Å². The van der Waals surface area contributed by atoms with Crippen LogP contribution < -0.4 is 5.73 Å². The van der Waals surface area contributed by atoms with Gasteiger partial charge in [0.05, 0.1) is 6.54 Å². The zero-order valence-electron chi connectivity index (χ0n) is 10.5. The maximum Gasteiger partial charge on any atom is 0.322 e. The molecule has 0 amide bonds. The maximum absolute atomic E-state index is 13.0. The van der Waals surface area contributed by atoms with E-state index < -0.39 is 24.8 Å². The molecule has 0 aromatic heterocycles. The van der Waals surface area contributed by atoms with Crippen LogP contribution in [0.1, 0.15) is 58.3 Å². The summed E-state index contributed by atoms with van der Waals surface area (Å²) in [6.45, 7) is 0.798. The minimum absolute atomic E-state index is 0.134. The van der Waals surface area contributed by atoms with Gasteiger partial charge in [-0.05, 0) is 6.42 Å². The molecule has 0 aliphatic heterocycles. The molecule has 0 heterocycles. The fourth-order valence-corrected chi connectivity index (χ4v) is 1.64. The summed E-state index contributed by atoms with van der Waals surface area (Å²) in [5, 5.41) is 0. The van der Waals surface area contributed by atoms with Crippen LogP contribution in [0.25, 0.3) is 0 Å². The zero-order valence-corrected chi connectivity index (χ0v) is 10.5. The third-order valence-corrected chi connectivity index (χ3v) is 2.89. The average molecular weight is 257 g/mol. The molecule has 0 spiro atoms. The Morgan fingerprint density at radius 3 is 1.71 bits per heavy atom. The van der Waals surface area contributed by atoms with Crippen molar-refractivity contribution in [3.63, 3.8) is 0 Å². The number of alkyl halides is 4. The summed E-state index contributed by atoms with van der Waals surface area (Å²) in [4.78, 5) is 0. The second-order valence-electron chi connectivity index (χ2n) is 4.48. The van der Waals surface area contributed by atoms with Gasteiger partial charge in [-0.15, -0.1) is 0 Å². The van der Waals surface area contributed by atoms with E-state index in [1.165, 1.54) is 0 Å². The Labute approximate surface area is 101 Å². The summed E-state index contributed by atoms with van der Waals surface area (Å²) in [5.41, 5.74) is 4.65. The summed E-state index contributed by atoms with van der Waals surface area (Å²) in [7, 11) is 0. The highest BCUT2D eigenvalue weighted by Gasteiger charge is 2.54. The van der Waals surface area contributed by atoms with Gasteiger partial charge >= 0.3 is 11.8 Å². The smallest absolute Gasteiger partial charge is 0.322 e. The van der Waals surface area contributed by atoms with Crippen LogP contribution in [0, 0.1) is 0 Å². The van der Waals surface area contributed by atoms with Crippen LogP contribution >= 0.6 is 0 Å². The van der Waals surface area contributed by atoms with Gasteiger partial charge in [-0.2, -0.15) is 17.6 Å². The second-order valence-corrected chi connectivity index (χ2v) is 4.48. The van der Waals surface area contributed by atoms with Crippen molar-refractivity contribution in [1.29, 1.82) is 0 Å². The Balaban J connectivity index is 3.66. The van der Waals surface area contributed by atoms with Crippen LogP contribution in [-0.4, -0.2) is 18.4 Å². The van der Waals surface area contributed by atoms with E-state index in [0.29, 0.717) is 6.42 Å². The lowest BCUT2D eigenvalue weighted by atomic mass is 10.0. The molecule has 0 aliphatic rings. The zero-order chi connectivity index (χ0) is 13.4. The lowest BCUT2D eigenvalue weighted by molar-refractivity contribution is -0.206. The summed E-state index contributed by atoms with van der Waals surface area (Å²) in [5.74, 6) is -8.04. The van der Waals surface area contributed by atoms with Gasteiger partial charge in [0.1, 0.15) is 0 Å². The molecule has 104 valence electrons. The van der Waals surface area contributed by atoms with Gasteiger partial charge in [-0.3, -0.25) is 0 Å². The molecule has 0 radical (unpaired) electrons. The molecule has 0 unspecified atom stereocenters. The minimum atomic E-state index is -4.07. The predicted molar refractivity (Wildman–Crippen MR) is 61.6 cm³/mol. The van der Waals surface area contributed by atoms with Crippen LogP contribution in [-0.2, 0) is 0 Å². The van der Waals surface area contributed by atoms with Gasteiger partial charge in [-0.25, -0.2) is 0 Å². The molecule has 0 atom stereocenters. The lowest BCUT2D eigenvalue weighted by Crippen LogP contribution is -2.46. The Morgan fingerprint density at radius 1 is 0.765 bits per heavy atom. The van der Waals surface area contributed by atoms with Crippen molar-refractivity contribution in [3.05, 3.63) is 0 Å². The number of nitrogens with two attached hydrogens (primary N) is 1. The van der Waals surface area contributed by atoms with E-state index in [9.17, 15) is 17.6 Å². The van der Waals surface area contributed by atoms with E-state index in [1.54, 1.807) is 0 Å². The average Bonchev–Trinajstić information content (AvgIpc) is 2.27. The van der Waals surface area contributed by atoms with Gasteiger partial charge < -0.3 is 5.73 Å². The van der Waals surface area contributed by atoms with Crippen LogP contribution in [0.5, 0.6) is 0 Å². The first-order chi connectivity index (χ1) is 7.87. The lowest BCUT2D eigenvalue weighted by Gasteiger charge is -2.25. The molecule has 2 N–H and O–H groups in total. The Hall–Kier alpha value is -0.320. The number of hydrogen-bond acceptors (Lipinski definition) is 1. The first-order valence-corrected chi connectivity index (χ1v) is 6.33. The fraction of sp³-hybridized carbons (Fsp3) is 1.00. The number of hydrogen-bond donors (Lipinski definition) is 1. The van der Waals surface area contributed by atoms with E-state index in [4.69, 9.17) is 0 Å². The molecule has 0 saturated carbocycles. The molecular weight excluding hydrogens is 234 g/mol. The molecular formula is C12H23F4N. The molecule has 0 bridgehead atoms. The van der Waals surface area contributed by atoms with Crippen molar-refractivity contribution in [1.82, 2.24) is 0 Å². The van der Waals surface area contributed by atoms with E-state index in [0.717, 1.165) is 32.1 Å². The standard InChI is InChI=1S/C12H23F4N/c1-2-3-4-5-6-7-8-9-11(13,14)12(15,16)10-17/h2-10,17H2,1H3. The van der Waals surface area contributed by atoms with Crippen molar-refractivity contribution in [2.45, 2.75) is 70.1 Å². The first kappa shape index (κ1) is 16.7. The number of rotatable bonds is 10. The van der Waals surface area contributed by atoms with Crippen LogP contribution in [0.4, 0.5) is 17.6 Å². The second kappa shape index (κ2) is 7.90. The Morgan fingerprint density at radius 2 is 1.24 bits per heavy atom. The largest absolute Gasteiger partial charge is 0.325 e. The highest BCUT2D eigenvalue weighted by molar-refractivity contribution is 4.85. The van der Waals surface area contributed by atoms with Crippen LogP contribution in [0.15, 0.2) is 0 Å². The van der Waals surface area contributed by atoms with Gasteiger partial charge in [0, 0.05) is 6.42 Å². The minimum Gasteiger partial charge on any atom is -0.325 e. The Kier molecular flexibility index (Phi) is 7.75. The molecule has 0 fully saturated rings. The third-order valence-electron chi connectivity index (χ3n) is 2.89. The van der Waals surface area contributed by atoms with Crippen molar-refractivity contribution in [2.75, 3.05) is 6.54 Å². The topological polar surface area (TPSA) is 26.0 Å².